The highest BCUT2D eigenvalue weighted by Crippen LogP contribution is 2.25. The summed E-state index contributed by atoms with van der Waals surface area (Å²) < 4.78 is 23.1. The fourth-order valence-electron chi connectivity index (χ4n) is 2.30. The van der Waals surface area contributed by atoms with Crippen molar-refractivity contribution in [2.75, 3.05) is 13.1 Å². The van der Waals surface area contributed by atoms with Crippen molar-refractivity contribution in [1.82, 2.24) is 4.90 Å². The van der Waals surface area contributed by atoms with Gasteiger partial charge >= 0.3 is 0 Å². The molecule has 0 radical (unpaired) electrons. The van der Waals surface area contributed by atoms with E-state index in [0.29, 0.717) is 17.1 Å². The molecule has 2 rings (SSSR count). The Balaban J connectivity index is 2.31. The Bertz CT molecular complexity index is 525. The molecule has 4 nitrogen and oxygen atoms in total. The summed E-state index contributed by atoms with van der Waals surface area (Å²) in [7, 11) is -3.72. The van der Waals surface area contributed by atoms with E-state index in [2.05, 4.69) is 4.90 Å². The topological polar surface area (TPSA) is 63.4 Å². The van der Waals surface area contributed by atoms with Gasteiger partial charge in [-0.2, -0.15) is 0 Å². The Hall–Kier alpha value is -0.620. The Morgan fingerprint density at radius 3 is 2.50 bits per heavy atom. The lowest BCUT2D eigenvalue weighted by Crippen LogP contribution is -2.30. The zero-order chi connectivity index (χ0) is 13.2. The van der Waals surface area contributed by atoms with Gasteiger partial charge in [0.2, 0.25) is 10.0 Å². The summed E-state index contributed by atoms with van der Waals surface area (Å²) in [5.74, 6) is 0. The molecule has 0 spiro atoms. The Morgan fingerprint density at radius 1 is 1.22 bits per heavy atom. The molecule has 0 amide bonds. The van der Waals surface area contributed by atoms with Gasteiger partial charge in [-0.05, 0) is 38.1 Å². The predicted molar refractivity (Wildman–Crippen MR) is 72.0 cm³/mol. The van der Waals surface area contributed by atoms with Gasteiger partial charge in [0.1, 0.15) is 0 Å². The highest BCUT2D eigenvalue weighted by molar-refractivity contribution is 7.89. The Morgan fingerprint density at radius 2 is 1.89 bits per heavy atom. The number of piperidine rings is 1. The number of sulfonamides is 1. The Kier molecular flexibility index (Phi) is 4.27. The van der Waals surface area contributed by atoms with Crippen LogP contribution in [0.4, 0.5) is 0 Å². The van der Waals surface area contributed by atoms with Crippen LogP contribution in [0, 0.1) is 0 Å². The molecule has 1 aliphatic rings. The third-order valence-electron chi connectivity index (χ3n) is 3.21. The molecular weight excluding hydrogens is 272 g/mol. The molecule has 0 saturated carbocycles. The lowest BCUT2D eigenvalue weighted by atomic mass is 10.1. The molecule has 0 atom stereocenters. The number of halogens is 1. The zero-order valence-electron chi connectivity index (χ0n) is 10.1. The van der Waals surface area contributed by atoms with E-state index in [-0.39, 0.29) is 4.90 Å². The first-order chi connectivity index (χ1) is 8.48. The van der Waals surface area contributed by atoms with Crippen molar-refractivity contribution in [3.05, 3.63) is 28.8 Å². The molecule has 6 heteroatoms. The molecule has 0 bridgehead atoms. The number of benzene rings is 1. The molecule has 1 heterocycles. The van der Waals surface area contributed by atoms with E-state index < -0.39 is 10.0 Å². The standard InChI is InChI=1S/C12H17ClN2O2S/c13-11-5-4-6-12(18(14,16)17)10(11)9-15-7-2-1-3-8-15/h4-6H,1-3,7-9H2,(H2,14,16,17). The first kappa shape index (κ1) is 13.8. The predicted octanol–water partition coefficient (Wildman–Crippen LogP) is 1.97. The van der Waals surface area contributed by atoms with Crippen molar-refractivity contribution >= 4 is 21.6 Å². The summed E-state index contributed by atoms with van der Waals surface area (Å²) >= 11 is 6.11. The molecule has 1 fully saturated rings. The molecular formula is C12H17ClN2O2S. The number of rotatable bonds is 3. The van der Waals surface area contributed by atoms with E-state index >= 15 is 0 Å². The minimum Gasteiger partial charge on any atom is -0.299 e. The lowest BCUT2D eigenvalue weighted by Gasteiger charge is -2.27. The second-order valence-corrected chi connectivity index (χ2v) is 6.54. The smallest absolute Gasteiger partial charge is 0.238 e. The van der Waals surface area contributed by atoms with Crippen LogP contribution in [0.15, 0.2) is 23.1 Å². The SMILES string of the molecule is NS(=O)(=O)c1cccc(Cl)c1CN1CCCCC1. The van der Waals surface area contributed by atoms with Crippen LogP contribution in [0.1, 0.15) is 24.8 Å². The van der Waals surface area contributed by atoms with E-state index in [1.54, 1.807) is 12.1 Å². The summed E-state index contributed by atoms with van der Waals surface area (Å²) in [6, 6.07) is 4.83. The van der Waals surface area contributed by atoms with Gasteiger partial charge in [-0.1, -0.05) is 24.1 Å². The summed E-state index contributed by atoms with van der Waals surface area (Å²) in [6.45, 7) is 2.51. The highest BCUT2D eigenvalue weighted by Gasteiger charge is 2.19. The quantitative estimate of drug-likeness (QED) is 0.925. The van der Waals surface area contributed by atoms with Crippen LogP contribution in [0.2, 0.25) is 5.02 Å². The van der Waals surface area contributed by atoms with Crippen molar-refractivity contribution in [2.24, 2.45) is 5.14 Å². The van der Waals surface area contributed by atoms with Crippen LogP contribution < -0.4 is 5.14 Å². The summed E-state index contributed by atoms with van der Waals surface area (Å²) in [6.07, 6.45) is 3.53. The number of nitrogens with two attached hydrogens (primary N) is 1. The van der Waals surface area contributed by atoms with E-state index in [1.807, 2.05) is 0 Å². The highest BCUT2D eigenvalue weighted by atomic mass is 35.5. The molecule has 1 aliphatic heterocycles. The summed E-state index contributed by atoms with van der Waals surface area (Å²) in [4.78, 5) is 2.36. The van der Waals surface area contributed by atoms with Gasteiger partial charge in [-0.15, -0.1) is 0 Å². The van der Waals surface area contributed by atoms with Gasteiger partial charge in [0.15, 0.2) is 0 Å². The van der Waals surface area contributed by atoms with Gasteiger partial charge in [0, 0.05) is 17.1 Å². The molecule has 100 valence electrons. The molecule has 18 heavy (non-hydrogen) atoms. The minimum atomic E-state index is -3.72. The van der Waals surface area contributed by atoms with Gasteiger partial charge in [-0.3, -0.25) is 4.90 Å². The lowest BCUT2D eigenvalue weighted by molar-refractivity contribution is 0.219. The molecule has 0 unspecified atom stereocenters. The van der Waals surface area contributed by atoms with E-state index in [0.717, 1.165) is 25.9 Å². The van der Waals surface area contributed by atoms with Crippen LogP contribution in [0.5, 0.6) is 0 Å². The molecule has 1 aromatic rings. The number of hydrogen-bond donors (Lipinski definition) is 1. The number of hydrogen-bond acceptors (Lipinski definition) is 3. The van der Waals surface area contributed by atoms with Gasteiger partial charge in [0.25, 0.3) is 0 Å². The third-order valence-corrected chi connectivity index (χ3v) is 4.56. The maximum Gasteiger partial charge on any atom is 0.238 e. The van der Waals surface area contributed by atoms with E-state index in [4.69, 9.17) is 16.7 Å². The van der Waals surface area contributed by atoms with Crippen molar-refractivity contribution in [3.8, 4) is 0 Å². The average Bonchev–Trinajstić information content (AvgIpc) is 2.32. The molecule has 1 saturated heterocycles. The first-order valence-electron chi connectivity index (χ1n) is 6.01. The van der Waals surface area contributed by atoms with Gasteiger partial charge < -0.3 is 0 Å². The molecule has 2 N–H and O–H groups in total. The number of likely N-dealkylation sites (tertiary alicyclic amines) is 1. The molecule has 0 aromatic heterocycles. The van der Waals surface area contributed by atoms with E-state index in [1.165, 1.54) is 12.5 Å². The van der Waals surface area contributed by atoms with Crippen molar-refractivity contribution < 1.29 is 8.42 Å². The zero-order valence-corrected chi connectivity index (χ0v) is 11.7. The Labute approximate surface area is 113 Å². The van der Waals surface area contributed by atoms with Crippen molar-refractivity contribution in [3.63, 3.8) is 0 Å². The largest absolute Gasteiger partial charge is 0.299 e. The monoisotopic (exact) mass is 288 g/mol. The van der Waals surface area contributed by atoms with Crippen LogP contribution in [0.25, 0.3) is 0 Å². The summed E-state index contributed by atoms with van der Waals surface area (Å²) in [5, 5.41) is 5.69. The van der Waals surface area contributed by atoms with Gasteiger partial charge in [-0.25, -0.2) is 13.6 Å². The normalized spacial score (nSPS) is 17.9. The fourth-order valence-corrected chi connectivity index (χ4v) is 3.38. The fraction of sp³-hybridized carbons (Fsp3) is 0.500. The first-order valence-corrected chi connectivity index (χ1v) is 7.93. The van der Waals surface area contributed by atoms with Crippen LogP contribution in [-0.4, -0.2) is 26.4 Å². The maximum atomic E-state index is 11.5. The molecule has 0 aliphatic carbocycles. The number of primary sulfonamides is 1. The molecule has 1 aromatic carbocycles. The second-order valence-electron chi connectivity index (χ2n) is 4.60. The van der Waals surface area contributed by atoms with Crippen LogP contribution in [-0.2, 0) is 16.6 Å². The second kappa shape index (κ2) is 5.57. The summed E-state index contributed by atoms with van der Waals surface area (Å²) in [5.41, 5.74) is 0.614. The third kappa shape index (κ3) is 3.23. The van der Waals surface area contributed by atoms with Gasteiger partial charge in [0.05, 0.1) is 4.90 Å². The van der Waals surface area contributed by atoms with Crippen LogP contribution in [0.3, 0.4) is 0 Å². The van der Waals surface area contributed by atoms with Crippen LogP contribution >= 0.6 is 11.6 Å². The van der Waals surface area contributed by atoms with Crippen molar-refractivity contribution in [2.45, 2.75) is 30.7 Å². The number of nitrogens with zero attached hydrogens (tertiary/aromatic N) is 1. The maximum absolute atomic E-state index is 11.5. The average molecular weight is 289 g/mol. The van der Waals surface area contributed by atoms with Crippen molar-refractivity contribution in [1.29, 1.82) is 0 Å². The minimum absolute atomic E-state index is 0.139. The van der Waals surface area contributed by atoms with E-state index in [9.17, 15) is 8.42 Å².